The van der Waals surface area contributed by atoms with Gasteiger partial charge in [0.15, 0.2) is 0 Å². The number of sulfonamides is 1. The zero-order valence-electron chi connectivity index (χ0n) is 13.8. The average Bonchev–Trinajstić information content (AvgIpc) is 3.08. The normalized spacial score (nSPS) is 15.2. The fourth-order valence-corrected chi connectivity index (χ4v) is 4.20. The Morgan fingerprint density at radius 3 is 2.16 bits per heavy atom. The molecule has 0 spiro atoms. The van der Waals surface area contributed by atoms with E-state index in [9.17, 15) is 13.2 Å². The summed E-state index contributed by atoms with van der Waals surface area (Å²) in [6.07, 6.45) is 4.07. The maximum Gasteiger partial charge on any atom is 0.319 e. The van der Waals surface area contributed by atoms with Crippen molar-refractivity contribution < 1.29 is 13.2 Å². The highest BCUT2D eigenvalue weighted by Crippen LogP contribution is 2.31. The number of nitrogens with zero attached hydrogens (tertiary/aromatic N) is 1. The van der Waals surface area contributed by atoms with Crippen LogP contribution in [0.25, 0.3) is 11.1 Å². The Hall–Kier alpha value is -2.38. The van der Waals surface area contributed by atoms with E-state index in [1.165, 1.54) is 6.07 Å². The highest BCUT2D eigenvalue weighted by molar-refractivity contribution is 7.89. The summed E-state index contributed by atoms with van der Waals surface area (Å²) in [6, 6.07) is 13.4. The Bertz CT molecular complexity index is 873. The highest BCUT2D eigenvalue weighted by Gasteiger charge is 2.26. The lowest BCUT2D eigenvalue weighted by molar-refractivity contribution is 0.251. The van der Waals surface area contributed by atoms with Gasteiger partial charge in [-0.1, -0.05) is 43.2 Å². The van der Waals surface area contributed by atoms with Crippen molar-refractivity contribution in [3.05, 3.63) is 48.5 Å². The quantitative estimate of drug-likeness (QED) is 0.876. The van der Waals surface area contributed by atoms with E-state index in [0.717, 1.165) is 31.4 Å². The first-order chi connectivity index (χ1) is 11.9. The van der Waals surface area contributed by atoms with Crippen LogP contribution in [0.2, 0.25) is 0 Å². The zero-order chi connectivity index (χ0) is 18.0. The standard InChI is InChI=1S/C18H21N3O3S/c19-18(22)21(14-5-1-2-6-14)15-11-9-13(10-12-15)16-7-3-4-8-17(16)25(20,23)24/h3-4,7-12,14H,1-2,5-6H2,(H2,19,22)(H2,20,23,24). The van der Waals surface area contributed by atoms with Crippen molar-refractivity contribution in [3.63, 3.8) is 0 Å². The molecule has 25 heavy (non-hydrogen) atoms. The average molecular weight is 359 g/mol. The molecule has 2 aromatic carbocycles. The molecule has 0 aliphatic heterocycles. The summed E-state index contributed by atoms with van der Waals surface area (Å²) in [7, 11) is -3.82. The van der Waals surface area contributed by atoms with Crippen LogP contribution in [0, 0.1) is 0 Å². The van der Waals surface area contributed by atoms with Crippen molar-refractivity contribution in [1.29, 1.82) is 0 Å². The van der Waals surface area contributed by atoms with E-state index in [1.54, 1.807) is 47.4 Å². The number of rotatable bonds is 4. The minimum absolute atomic E-state index is 0.0744. The summed E-state index contributed by atoms with van der Waals surface area (Å²) in [6.45, 7) is 0. The van der Waals surface area contributed by atoms with Crippen molar-refractivity contribution in [2.45, 2.75) is 36.6 Å². The third-order valence-corrected chi connectivity index (χ3v) is 5.55. The van der Waals surface area contributed by atoms with Gasteiger partial charge in [0.05, 0.1) is 4.90 Å². The number of nitrogens with two attached hydrogens (primary N) is 2. The number of primary sulfonamides is 1. The lowest BCUT2D eigenvalue weighted by atomic mass is 10.0. The maximum absolute atomic E-state index is 11.9. The number of hydrogen-bond acceptors (Lipinski definition) is 3. The summed E-state index contributed by atoms with van der Waals surface area (Å²) in [5.74, 6) is 0. The number of benzene rings is 2. The van der Waals surface area contributed by atoms with Crippen LogP contribution >= 0.6 is 0 Å². The third kappa shape index (κ3) is 3.67. The minimum Gasteiger partial charge on any atom is -0.351 e. The summed E-state index contributed by atoms with van der Waals surface area (Å²) < 4.78 is 23.5. The van der Waals surface area contributed by atoms with Gasteiger partial charge in [-0.2, -0.15) is 0 Å². The molecule has 0 atom stereocenters. The van der Waals surface area contributed by atoms with Crippen LogP contribution in [0.3, 0.4) is 0 Å². The van der Waals surface area contributed by atoms with Crippen molar-refractivity contribution in [2.75, 3.05) is 4.90 Å². The fraction of sp³-hybridized carbons (Fsp3) is 0.278. The Morgan fingerprint density at radius 2 is 1.60 bits per heavy atom. The molecule has 132 valence electrons. The molecule has 1 aliphatic carbocycles. The van der Waals surface area contributed by atoms with E-state index >= 15 is 0 Å². The van der Waals surface area contributed by atoms with Gasteiger partial charge in [-0.25, -0.2) is 18.4 Å². The summed E-state index contributed by atoms with van der Waals surface area (Å²) in [5, 5.41) is 5.30. The molecular formula is C18H21N3O3S. The van der Waals surface area contributed by atoms with Gasteiger partial charge in [0, 0.05) is 17.3 Å². The summed E-state index contributed by atoms with van der Waals surface area (Å²) in [5.41, 5.74) is 7.53. The van der Waals surface area contributed by atoms with E-state index in [1.807, 2.05) is 0 Å². The molecule has 2 aromatic rings. The van der Waals surface area contributed by atoms with Crippen molar-refractivity contribution >= 4 is 21.7 Å². The summed E-state index contributed by atoms with van der Waals surface area (Å²) in [4.78, 5) is 13.6. The number of primary amides is 1. The van der Waals surface area contributed by atoms with Gasteiger partial charge in [0.1, 0.15) is 0 Å². The number of hydrogen-bond donors (Lipinski definition) is 2. The van der Waals surface area contributed by atoms with Gasteiger partial charge >= 0.3 is 6.03 Å². The molecule has 1 fully saturated rings. The number of amides is 2. The number of anilines is 1. The SMILES string of the molecule is NC(=O)N(c1ccc(-c2ccccc2S(N)(=O)=O)cc1)C1CCCC1. The zero-order valence-corrected chi connectivity index (χ0v) is 14.6. The van der Waals surface area contributed by atoms with E-state index in [-0.39, 0.29) is 10.9 Å². The van der Waals surface area contributed by atoms with Crippen LogP contribution in [0.4, 0.5) is 10.5 Å². The third-order valence-electron chi connectivity index (χ3n) is 4.58. The van der Waals surface area contributed by atoms with E-state index in [4.69, 9.17) is 10.9 Å². The highest BCUT2D eigenvalue weighted by atomic mass is 32.2. The van der Waals surface area contributed by atoms with Gasteiger partial charge in [-0.3, -0.25) is 4.90 Å². The lowest BCUT2D eigenvalue weighted by Gasteiger charge is -2.27. The van der Waals surface area contributed by atoms with E-state index < -0.39 is 16.1 Å². The Morgan fingerprint density at radius 1 is 1.00 bits per heavy atom. The van der Waals surface area contributed by atoms with E-state index in [2.05, 4.69) is 0 Å². The molecule has 0 unspecified atom stereocenters. The largest absolute Gasteiger partial charge is 0.351 e. The Balaban J connectivity index is 1.97. The smallest absolute Gasteiger partial charge is 0.319 e. The molecule has 1 aliphatic rings. The molecule has 0 heterocycles. The van der Waals surface area contributed by atoms with Gasteiger partial charge < -0.3 is 5.73 Å². The fourth-order valence-electron chi connectivity index (χ4n) is 3.44. The number of urea groups is 1. The molecule has 4 N–H and O–H groups in total. The second-order valence-electron chi connectivity index (χ2n) is 6.23. The molecule has 2 amide bonds. The first-order valence-corrected chi connectivity index (χ1v) is 9.73. The molecule has 7 heteroatoms. The lowest BCUT2D eigenvalue weighted by Crippen LogP contribution is -2.42. The van der Waals surface area contributed by atoms with Gasteiger partial charge in [0.2, 0.25) is 10.0 Å². The predicted octanol–water partition coefficient (Wildman–Crippen LogP) is 2.83. The Labute approximate surface area is 147 Å². The number of carbonyl (C=O) groups is 1. The second kappa shape index (κ2) is 6.85. The van der Waals surface area contributed by atoms with Crippen LogP contribution in [0.15, 0.2) is 53.4 Å². The molecule has 0 bridgehead atoms. The van der Waals surface area contributed by atoms with Crippen LogP contribution in [-0.2, 0) is 10.0 Å². The van der Waals surface area contributed by atoms with Crippen molar-refractivity contribution in [3.8, 4) is 11.1 Å². The predicted molar refractivity (Wildman–Crippen MR) is 97.6 cm³/mol. The first-order valence-electron chi connectivity index (χ1n) is 8.19. The minimum atomic E-state index is -3.82. The molecule has 0 radical (unpaired) electrons. The molecule has 0 aromatic heterocycles. The Kier molecular flexibility index (Phi) is 4.78. The maximum atomic E-state index is 11.9. The topological polar surface area (TPSA) is 106 Å². The van der Waals surface area contributed by atoms with Crippen LogP contribution in [-0.4, -0.2) is 20.5 Å². The van der Waals surface area contributed by atoms with Gasteiger partial charge in [-0.15, -0.1) is 0 Å². The second-order valence-corrected chi connectivity index (χ2v) is 7.76. The number of carbonyl (C=O) groups excluding carboxylic acids is 1. The molecule has 1 saturated carbocycles. The van der Waals surface area contributed by atoms with Gasteiger partial charge in [0.25, 0.3) is 0 Å². The van der Waals surface area contributed by atoms with Crippen molar-refractivity contribution in [2.24, 2.45) is 10.9 Å². The first kappa shape index (κ1) is 17.4. The van der Waals surface area contributed by atoms with Gasteiger partial charge in [-0.05, 0) is 36.6 Å². The van der Waals surface area contributed by atoms with Crippen LogP contribution < -0.4 is 15.8 Å². The molecular weight excluding hydrogens is 338 g/mol. The van der Waals surface area contributed by atoms with Crippen LogP contribution in [0.1, 0.15) is 25.7 Å². The molecule has 0 saturated heterocycles. The van der Waals surface area contributed by atoms with Crippen molar-refractivity contribution in [1.82, 2.24) is 0 Å². The molecule has 3 rings (SSSR count). The van der Waals surface area contributed by atoms with E-state index in [0.29, 0.717) is 11.1 Å². The monoisotopic (exact) mass is 359 g/mol. The summed E-state index contributed by atoms with van der Waals surface area (Å²) >= 11 is 0. The van der Waals surface area contributed by atoms with Crippen LogP contribution in [0.5, 0.6) is 0 Å². The molecule has 6 nitrogen and oxygen atoms in total.